The zero-order valence-electron chi connectivity index (χ0n) is 13.4. The molecule has 0 bridgehead atoms. The number of hydrogen-bond acceptors (Lipinski definition) is 5. The van der Waals surface area contributed by atoms with Gasteiger partial charge in [0.1, 0.15) is 5.56 Å². The van der Waals surface area contributed by atoms with Gasteiger partial charge in [0.25, 0.3) is 5.56 Å². The summed E-state index contributed by atoms with van der Waals surface area (Å²) in [4.78, 5) is 29.8. The minimum absolute atomic E-state index is 0.0538. The lowest BCUT2D eigenvalue weighted by Gasteiger charge is -2.06. The van der Waals surface area contributed by atoms with Gasteiger partial charge < -0.3 is 4.74 Å². The highest BCUT2D eigenvalue weighted by Gasteiger charge is 2.19. The molecule has 0 aliphatic rings. The summed E-state index contributed by atoms with van der Waals surface area (Å²) in [6.45, 7) is 1.91. The third-order valence-electron chi connectivity index (χ3n) is 3.93. The molecule has 124 valence electrons. The first-order valence-corrected chi connectivity index (χ1v) is 8.68. The van der Waals surface area contributed by atoms with Crippen LogP contribution < -0.4 is 5.56 Å². The lowest BCUT2D eigenvalue weighted by molar-refractivity contribution is 0.0523. The number of rotatable bonds is 3. The van der Waals surface area contributed by atoms with Crippen LogP contribution in [0.2, 0.25) is 0 Å². The summed E-state index contributed by atoms with van der Waals surface area (Å²) in [5.74, 6) is -0.647. The molecule has 0 N–H and O–H groups in total. The number of esters is 1. The minimum Gasteiger partial charge on any atom is -0.462 e. The van der Waals surface area contributed by atoms with Crippen molar-refractivity contribution in [3.05, 3.63) is 70.6 Å². The smallest absolute Gasteiger partial charge is 0.345 e. The summed E-state index contributed by atoms with van der Waals surface area (Å²) >= 11 is 1.42. The summed E-state index contributed by atoms with van der Waals surface area (Å²) < 4.78 is 7.42. The molecule has 4 aromatic rings. The van der Waals surface area contributed by atoms with Gasteiger partial charge in [0, 0.05) is 5.56 Å². The van der Waals surface area contributed by atoms with E-state index in [1.54, 1.807) is 6.92 Å². The van der Waals surface area contributed by atoms with E-state index in [4.69, 9.17) is 4.74 Å². The average molecular weight is 350 g/mol. The second-order valence-corrected chi connectivity index (χ2v) is 6.44. The second-order valence-electron chi connectivity index (χ2n) is 5.44. The van der Waals surface area contributed by atoms with Gasteiger partial charge in [0.15, 0.2) is 4.96 Å². The number of nitrogens with zero attached hydrogens (tertiary/aromatic N) is 2. The minimum atomic E-state index is -0.647. The molecule has 0 fully saturated rings. The fourth-order valence-corrected chi connectivity index (χ4v) is 3.85. The van der Waals surface area contributed by atoms with E-state index in [2.05, 4.69) is 4.98 Å². The van der Waals surface area contributed by atoms with Crippen molar-refractivity contribution in [2.75, 3.05) is 6.61 Å². The number of benzene rings is 2. The van der Waals surface area contributed by atoms with E-state index in [1.807, 2.05) is 48.5 Å². The fourth-order valence-electron chi connectivity index (χ4n) is 2.84. The number of carbonyl (C=O) groups excluding carboxylic acids is 1. The van der Waals surface area contributed by atoms with Crippen LogP contribution in [-0.4, -0.2) is 22.0 Å². The fraction of sp³-hybridized carbons (Fsp3) is 0.105. The Hall–Kier alpha value is -2.99. The monoisotopic (exact) mass is 350 g/mol. The van der Waals surface area contributed by atoms with Crippen LogP contribution in [0.25, 0.3) is 26.3 Å². The van der Waals surface area contributed by atoms with Gasteiger partial charge in [-0.15, -0.1) is 0 Å². The molecule has 0 spiro atoms. The van der Waals surface area contributed by atoms with Crippen LogP contribution >= 0.6 is 11.3 Å². The largest absolute Gasteiger partial charge is 0.462 e. The normalized spacial score (nSPS) is 11.1. The molecule has 4 rings (SSSR count). The lowest BCUT2D eigenvalue weighted by atomic mass is 10.0. The van der Waals surface area contributed by atoms with Crippen LogP contribution in [-0.2, 0) is 4.74 Å². The molecular weight excluding hydrogens is 336 g/mol. The Balaban J connectivity index is 2.08. The lowest BCUT2D eigenvalue weighted by Crippen LogP contribution is -2.23. The van der Waals surface area contributed by atoms with Crippen molar-refractivity contribution in [3.8, 4) is 11.1 Å². The Bertz CT molecular complexity index is 1150. The average Bonchev–Trinajstić information content (AvgIpc) is 3.02. The highest BCUT2D eigenvalue weighted by molar-refractivity contribution is 7.23. The van der Waals surface area contributed by atoms with Crippen molar-refractivity contribution >= 4 is 32.5 Å². The first-order valence-electron chi connectivity index (χ1n) is 7.86. The maximum atomic E-state index is 12.9. The van der Waals surface area contributed by atoms with Gasteiger partial charge in [-0.2, -0.15) is 0 Å². The van der Waals surface area contributed by atoms with E-state index in [0.717, 1.165) is 21.3 Å². The van der Waals surface area contributed by atoms with E-state index in [0.29, 0.717) is 4.96 Å². The molecule has 2 aromatic heterocycles. The van der Waals surface area contributed by atoms with Crippen molar-refractivity contribution in [2.45, 2.75) is 6.92 Å². The number of hydrogen-bond donors (Lipinski definition) is 0. The molecule has 0 aliphatic carbocycles. The van der Waals surface area contributed by atoms with Crippen LogP contribution in [0.1, 0.15) is 17.3 Å². The molecule has 2 aromatic carbocycles. The summed E-state index contributed by atoms with van der Waals surface area (Å²) in [5.41, 5.74) is 2.23. The predicted octanol–water partition coefficient (Wildman–Crippen LogP) is 3.75. The highest BCUT2D eigenvalue weighted by Crippen LogP contribution is 2.32. The molecule has 0 unspecified atom stereocenters. The molecule has 0 amide bonds. The van der Waals surface area contributed by atoms with E-state index in [-0.39, 0.29) is 12.2 Å². The predicted molar refractivity (Wildman–Crippen MR) is 98.2 cm³/mol. The Kier molecular flexibility index (Phi) is 3.82. The van der Waals surface area contributed by atoms with Crippen LogP contribution in [0, 0.1) is 0 Å². The van der Waals surface area contributed by atoms with E-state index < -0.39 is 11.5 Å². The molecule has 5 nitrogen and oxygen atoms in total. The number of fused-ring (bicyclic) bond motifs is 3. The molecule has 0 saturated carbocycles. The van der Waals surface area contributed by atoms with Gasteiger partial charge in [-0.1, -0.05) is 53.8 Å². The van der Waals surface area contributed by atoms with Crippen LogP contribution in [0.4, 0.5) is 0 Å². The number of para-hydroxylation sites is 1. The zero-order chi connectivity index (χ0) is 17.4. The van der Waals surface area contributed by atoms with Crippen molar-refractivity contribution in [3.63, 3.8) is 0 Å². The molecule has 2 heterocycles. The molecule has 0 aliphatic heterocycles. The molecular formula is C19H14N2O3S. The van der Waals surface area contributed by atoms with Crippen LogP contribution in [0.3, 0.4) is 0 Å². The standard InChI is InChI=1S/C19H14N2O3S/c1-2-24-18(23)14-11-20-19-21(17(14)22)16-13(9-6-10-15(16)25-19)12-7-4-3-5-8-12/h3-11H,2H2,1H3. The van der Waals surface area contributed by atoms with Crippen molar-refractivity contribution in [1.29, 1.82) is 0 Å². The van der Waals surface area contributed by atoms with E-state index in [1.165, 1.54) is 21.9 Å². The topological polar surface area (TPSA) is 60.7 Å². The first kappa shape index (κ1) is 15.5. The van der Waals surface area contributed by atoms with Gasteiger partial charge in [-0.25, -0.2) is 14.2 Å². The Morgan fingerprint density at radius 2 is 1.96 bits per heavy atom. The Labute approximate surface area is 147 Å². The van der Waals surface area contributed by atoms with Gasteiger partial charge in [-0.3, -0.25) is 4.79 Å². The number of aromatic nitrogens is 2. The molecule has 0 saturated heterocycles. The maximum absolute atomic E-state index is 12.9. The van der Waals surface area contributed by atoms with Crippen molar-refractivity contribution in [2.24, 2.45) is 0 Å². The van der Waals surface area contributed by atoms with E-state index in [9.17, 15) is 9.59 Å². The molecule has 25 heavy (non-hydrogen) atoms. The first-order chi connectivity index (χ1) is 12.2. The number of carbonyl (C=O) groups is 1. The number of ether oxygens (including phenoxy) is 1. The van der Waals surface area contributed by atoms with Crippen molar-refractivity contribution < 1.29 is 9.53 Å². The summed E-state index contributed by atoms with van der Waals surface area (Å²) in [5, 5.41) is 0. The number of thiazole rings is 1. The zero-order valence-corrected chi connectivity index (χ0v) is 14.2. The van der Waals surface area contributed by atoms with Crippen molar-refractivity contribution in [1.82, 2.24) is 9.38 Å². The van der Waals surface area contributed by atoms with E-state index >= 15 is 0 Å². The van der Waals surface area contributed by atoms with Gasteiger partial charge in [0.2, 0.25) is 0 Å². The third kappa shape index (κ3) is 2.51. The summed E-state index contributed by atoms with van der Waals surface area (Å²) in [7, 11) is 0. The third-order valence-corrected chi connectivity index (χ3v) is 4.95. The second kappa shape index (κ2) is 6.14. The molecule has 0 radical (unpaired) electrons. The molecule has 6 heteroatoms. The Morgan fingerprint density at radius 1 is 1.16 bits per heavy atom. The SMILES string of the molecule is CCOC(=O)c1cnc2sc3cccc(-c4ccccc4)c3n2c1=O. The quantitative estimate of drug-likeness (QED) is 0.528. The summed E-state index contributed by atoms with van der Waals surface area (Å²) in [6.07, 6.45) is 1.30. The van der Waals surface area contributed by atoms with Crippen LogP contribution in [0.5, 0.6) is 0 Å². The van der Waals surface area contributed by atoms with Gasteiger partial charge >= 0.3 is 5.97 Å². The highest BCUT2D eigenvalue weighted by atomic mass is 32.1. The summed E-state index contributed by atoms with van der Waals surface area (Å²) in [6, 6.07) is 15.7. The van der Waals surface area contributed by atoms with Crippen LogP contribution in [0.15, 0.2) is 59.5 Å². The van der Waals surface area contributed by atoms with Gasteiger partial charge in [0.05, 0.1) is 23.0 Å². The maximum Gasteiger partial charge on any atom is 0.345 e. The molecule has 0 atom stereocenters. The van der Waals surface area contributed by atoms with Gasteiger partial charge in [-0.05, 0) is 18.6 Å². The Morgan fingerprint density at radius 3 is 2.72 bits per heavy atom.